The number of rotatable bonds is 7. The standard InChI is InChI=1S/C11H18N8O/c1-3-20-11-16-9(15-10(17-11)18-12)14-8(2)6-19-5-4-13-7-19/h4-5,7-8H,3,6,12H2,1-2H3,(H2,14,15,16,17,18). The third kappa shape index (κ3) is 3.79. The number of nitrogens with two attached hydrogens (primary N) is 1. The van der Waals surface area contributed by atoms with E-state index in [-0.39, 0.29) is 18.0 Å². The molecule has 0 fully saturated rings. The van der Waals surface area contributed by atoms with Gasteiger partial charge in [0.15, 0.2) is 0 Å². The second-order valence-electron chi connectivity index (χ2n) is 4.15. The Hall–Kier alpha value is -2.42. The second-order valence-corrected chi connectivity index (χ2v) is 4.15. The Morgan fingerprint density at radius 2 is 2.15 bits per heavy atom. The highest BCUT2D eigenvalue weighted by atomic mass is 16.5. The largest absolute Gasteiger partial charge is 0.464 e. The van der Waals surface area contributed by atoms with Crippen LogP contribution in [0.1, 0.15) is 13.8 Å². The molecule has 9 heteroatoms. The van der Waals surface area contributed by atoms with E-state index in [0.29, 0.717) is 12.6 Å². The number of nitrogen functional groups attached to an aromatic ring is 1. The molecule has 2 aromatic rings. The Balaban J connectivity index is 2.05. The average Bonchev–Trinajstić information content (AvgIpc) is 2.91. The number of imidazole rings is 1. The van der Waals surface area contributed by atoms with E-state index in [4.69, 9.17) is 10.6 Å². The molecular weight excluding hydrogens is 260 g/mol. The van der Waals surface area contributed by atoms with Crippen molar-refractivity contribution in [3.8, 4) is 6.01 Å². The molecule has 0 saturated carbocycles. The van der Waals surface area contributed by atoms with Gasteiger partial charge in [-0.25, -0.2) is 10.8 Å². The zero-order chi connectivity index (χ0) is 14.4. The van der Waals surface area contributed by atoms with Crippen LogP contribution in [0.25, 0.3) is 0 Å². The van der Waals surface area contributed by atoms with Gasteiger partial charge in [-0.05, 0) is 13.8 Å². The van der Waals surface area contributed by atoms with Crippen molar-refractivity contribution in [2.45, 2.75) is 26.4 Å². The average molecular weight is 278 g/mol. The van der Waals surface area contributed by atoms with Crippen molar-refractivity contribution in [1.29, 1.82) is 0 Å². The maximum atomic E-state index is 5.33. The SMILES string of the molecule is CCOc1nc(NN)nc(NC(C)Cn2ccnc2)n1. The van der Waals surface area contributed by atoms with E-state index in [1.54, 1.807) is 12.5 Å². The lowest BCUT2D eigenvalue weighted by Gasteiger charge is -2.15. The second kappa shape index (κ2) is 6.66. The third-order valence-corrected chi connectivity index (χ3v) is 2.44. The normalized spacial score (nSPS) is 11.9. The maximum Gasteiger partial charge on any atom is 0.323 e. The number of nitrogens with one attached hydrogen (secondary N) is 2. The molecule has 0 spiro atoms. The van der Waals surface area contributed by atoms with Crippen molar-refractivity contribution in [3.63, 3.8) is 0 Å². The molecule has 20 heavy (non-hydrogen) atoms. The first kappa shape index (κ1) is 14.0. The number of hydrogen-bond donors (Lipinski definition) is 3. The summed E-state index contributed by atoms with van der Waals surface area (Å²) in [5.41, 5.74) is 2.39. The third-order valence-electron chi connectivity index (χ3n) is 2.44. The predicted octanol–water partition coefficient (Wildman–Crippen LogP) is 0.253. The molecule has 4 N–H and O–H groups in total. The van der Waals surface area contributed by atoms with E-state index in [1.165, 1.54) is 0 Å². The van der Waals surface area contributed by atoms with Crippen molar-refractivity contribution < 1.29 is 4.74 Å². The number of nitrogens with zero attached hydrogens (tertiary/aromatic N) is 5. The van der Waals surface area contributed by atoms with Crippen LogP contribution in [0.4, 0.5) is 11.9 Å². The lowest BCUT2D eigenvalue weighted by atomic mass is 10.3. The minimum atomic E-state index is 0.103. The number of hydrazine groups is 1. The lowest BCUT2D eigenvalue weighted by Crippen LogP contribution is -2.23. The monoisotopic (exact) mass is 278 g/mol. The Kier molecular flexibility index (Phi) is 4.66. The minimum absolute atomic E-state index is 0.103. The number of anilines is 2. The molecule has 2 aromatic heterocycles. The summed E-state index contributed by atoms with van der Waals surface area (Å²) in [5, 5.41) is 3.17. The van der Waals surface area contributed by atoms with Crippen molar-refractivity contribution >= 4 is 11.9 Å². The quantitative estimate of drug-likeness (QED) is 0.487. The van der Waals surface area contributed by atoms with Crippen LogP contribution in [0, 0.1) is 0 Å². The summed E-state index contributed by atoms with van der Waals surface area (Å²) in [7, 11) is 0. The zero-order valence-corrected chi connectivity index (χ0v) is 11.4. The van der Waals surface area contributed by atoms with Gasteiger partial charge in [-0.3, -0.25) is 5.43 Å². The highest BCUT2D eigenvalue weighted by molar-refractivity contribution is 5.35. The smallest absolute Gasteiger partial charge is 0.323 e. The molecule has 0 saturated heterocycles. The van der Waals surface area contributed by atoms with Crippen molar-refractivity contribution in [2.24, 2.45) is 5.84 Å². The summed E-state index contributed by atoms with van der Waals surface area (Å²) in [6, 6.07) is 0.333. The van der Waals surface area contributed by atoms with Gasteiger partial charge in [-0.1, -0.05) is 0 Å². The molecule has 0 aromatic carbocycles. The van der Waals surface area contributed by atoms with Crippen LogP contribution >= 0.6 is 0 Å². The van der Waals surface area contributed by atoms with Crippen LogP contribution in [0.3, 0.4) is 0 Å². The van der Waals surface area contributed by atoms with Crippen molar-refractivity contribution in [3.05, 3.63) is 18.7 Å². The van der Waals surface area contributed by atoms with Gasteiger partial charge in [0.2, 0.25) is 11.9 Å². The fourth-order valence-corrected chi connectivity index (χ4v) is 1.66. The van der Waals surface area contributed by atoms with Crippen LogP contribution in [0.2, 0.25) is 0 Å². The molecule has 2 rings (SSSR count). The van der Waals surface area contributed by atoms with E-state index < -0.39 is 0 Å². The molecule has 0 amide bonds. The van der Waals surface area contributed by atoms with E-state index in [2.05, 4.69) is 30.7 Å². The predicted molar refractivity (Wildman–Crippen MR) is 74.1 cm³/mol. The molecule has 1 unspecified atom stereocenters. The molecule has 108 valence electrons. The van der Waals surface area contributed by atoms with Gasteiger partial charge >= 0.3 is 6.01 Å². The molecule has 2 heterocycles. The molecule has 0 aliphatic carbocycles. The summed E-state index contributed by atoms with van der Waals surface area (Å²) in [5.74, 6) is 5.98. The summed E-state index contributed by atoms with van der Waals surface area (Å²) >= 11 is 0. The Bertz CT molecular complexity index is 529. The molecule has 9 nitrogen and oxygen atoms in total. The van der Waals surface area contributed by atoms with Crippen LogP contribution in [-0.2, 0) is 6.54 Å². The van der Waals surface area contributed by atoms with Gasteiger partial charge in [0, 0.05) is 25.0 Å². The zero-order valence-electron chi connectivity index (χ0n) is 11.4. The van der Waals surface area contributed by atoms with Crippen LogP contribution in [0.15, 0.2) is 18.7 Å². The first-order chi connectivity index (χ1) is 9.71. The number of hydrogen-bond acceptors (Lipinski definition) is 8. The van der Waals surface area contributed by atoms with Gasteiger partial charge < -0.3 is 14.6 Å². The van der Waals surface area contributed by atoms with E-state index >= 15 is 0 Å². The Morgan fingerprint density at radius 1 is 1.35 bits per heavy atom. The summed E-state index contributed by atoms with van der Waals surface area (Å²) in [6.45, 7) is 5.08. The molecule has 0 aliphatic rings. The summed E-state index contributed by atoms with van der Waals surface area (Å²) in [4.78, 5) is 16.3. The van der Waals surface area contributed by atoms with Crippen LogP contribution in [0.5, 0.6) is 6.01 Å². The van der Waals surface area contributed by atoms with Gasteiger partial charge in [-0.15, -0.1) is 0 Å². The number of aromatic nitrogens is 5. The van der Waals surface area contributed by atoms with Crippen molar-refractivity contribution in [1.82, 2.24) is 24.5 Å². The van der Waals surface area contributed by atoms with E-state index in [0.717, 1.165) is 6.54 Å². The fraction of sp³-hybridized carbons (Fsp3) is 0.455. The summed E-state index contributed by atoms with van der Waals surface area (Å²) < 4.78 is 7.23. The van der Waals surface area contributed by atoms with Crippen LogP contribution < -0.4 is 21.3 Å². The van der Waals surface area contributed by atoms with Gasteiger partial charge in [0.05, 0.1) is 12.9 Å². The first-order valence-electron chi connectivity index (χ1n) is 6.29. The minimum Gasteiger partial charge on any atom is -0.464 e. The molecule has 1 atom stereocenters. The van der Waals surface area contributed by atoms with E-state index in [1.807, 2.05) is 24.6 Å². The van der Waals surface area contributed by atoms with Gasteiger partial charge in [0.25, 0.3) is 0 Å². The number of ether oxygens (including phenoxy) is 1. The molecule has 0 bridgehead atoms. The van der Waals surface area contributed by atoms with Gasteiger partial charge in [-0.2, -0.15) is 15.0 Å². The molecular formula is C11H18N8O. The van der Waals surface area contributed by atoms with Gasteiger partial charge in [0.1, 0.15) is 0 Å². The fourth-order valence-electron chi connectivity index (χ4n) is 1.66. The highest BCUT2D eigenvalue weighted by Crippen LogP contribution is 2.11. The van der Waals surface area contributed by atoms with Crippen LogP contribution in [-0.4, -0.2) is 37.2 Å². The Labute approximate surface area is 116 Å². The Morgan fingerprint density at radius 3 is 2.80 bits per heavy atom. The highest BCUT2D eigenvalue weighted by Gasteiger charge is 2.09. The first-order valence-corrected chi connectivity index (χ1v) is 6.29. The van der Waals surface area contributed by atoms with Crippen molar-refractivity contribution in [2.75, 3.05) is 17.3 Å². The summed E-state index contributed by atoms with van der Waals surface area (Å²) in [6.07, 6.45) is 5.38. The lowest BCUT2D eigenvalue weighted by molar-refractivity contribution is 0.312. The molecule has 0 radical (unpaired) electrons. The topological polar surface area (TPSA) is 116 Å². The molecule has 0 aliphatic heterocycles. The maximum absolute atomic E-state index is 5.33. The van der Waals surface area contributed by atoms with E-state index in [9.17, 15) is 0 Å².